The fourth-order valence-corrected chi connectivity index (χ4v) is 2.88. The summed E-state index contributed by atoms with van der Waals surface area (Å²) in [5.74, 6) is 1.70. The monoisotopic (exact) mass is 154 g/mol. The Bertz CT molecular complexity index is 162. The van der Waals surface area contributed by atoms with Crippen molar-refractivity contribution < 1.29 is 4.74 Å². The molecular formula is C10H18O. The molecule has 1 saturated carbocycles. The second-order valence-corrected chi connectivity index (χ2v) is 4.74. The smallest absolute Gasteiger partial charge is 0.0661 e. The summed E-state index contributed by atoms with van der Waals surface area (Å²) < 4.78 is 5.94. The molecule has 2 bridgehead atoms. The fraction of sp³-hybridized carbons (Fsp3) is 1.00. The van der Waals surface area contributed by atoms with Crippen molar-refractivity contribution >= 4 is 0 Å². The first-order valence-electron chi connectivity index (χ1n) is 4.77. The molecule has 1 saturated heterocycles. The molecule has 1 nitrogen and oxygen atoms in total. The minimum absolute atomic E-state index is 0.167. The van der Waals surface area contributed by atoms with Gasteiger partial charge in [-0.2, -0.15) is 0 Å². The molecule has 0 amide bonds. The number of rotatable bonds is 0. The quantitative estimate of drug-likeness (QED) is 0.521. The summed E-state index contributed by atoms with van der Waals surface area (Å²) in [6.45, 7) is 6.87. The Morgan fingerprint density at radius 1 is 1.27 bits per heavy atom. The average molecular weight is 154 g/mol. The van der Waals surface area contributed by atoms with Crippen LogP contribution >= 0.6 is 0 Å². The Labute approximate surface area is 69.1 Å². The molecule has 1 heterocycles. The van der Waals surface area contributed by atoms with Crippen LogP contribution in [0.2, 0.25) is 0 Å². The lowest BCUT2D eigenvalue weighted by atomic mass is 9.74. The standard InChI is InChI=1S/C10H18O/c1-7-4-5-8-6-9(7)10(2,3)11-8/h7-9H,4-6H2,1-3H3. The highest BCUT2D eigenvalue weighted by Crippen LogP contribution is 2.47. The van der Waals surface area contributed by atoms with Crippen LogP contribution in [0.15, 0.2) is 0 Å². The second-order valence-electron chi connectivity index (χ2n) is 4.74. The minimum Gasteiger partial charge on any atom is -0.372 e. The Morgan fingerprint density at radius 3 is 2.64 bits per heavy atom. The van der Waals surface area contributed by atoms with Crippen LogP contribution in [0.3, 0.4) is 0 Å². The first-order valence-corrected chi connectivity index (χ1v) is 4.77. The van der Waals surface area contributed by atoms with Gasteiger partial charge in [0.2, 0.25) is 0 Å². The molecule has 1 aliphatic carbocycles. The van der Waals surface area contributed by atoms with Gasteiger partial charge in [0.15, 0.2) is 0 Å². The van der Waals surface area contributed by atoms with Gasteiger partial charge >= 0.3 is 0 Å². The lowest BCUT2D eigenvalue weighted by molar-refractivity contribution is -0.0259. The molecule has 2 aliphatic rings. The van der Waals surface area contributed by atoms with E-state index in [9.17, 15) is 0 Å². The maximum absolute atomic E-state index is 5.94. The van der Waals surface area contributed by atoms with E-state index in [1.165, 1.54) is 19.3 Å². The molecule has 2 fully saturated rings. The fourth-order valence-electron chi connectivity index (χ4n) is 2.88. The molecule has 1 aliphatic heterocycles. The Morgan fingerprint density at radius 2 is 2.00 bits per heavy atom. The molecule has 0 aromatic carbocycles. The number of ether oxygens (including phenoxy) is 1. The molecule has 3 atom stereocenters. The number of hydrogen-bond acceptors (Lipinski definition) is 1. The van der Waals surface area contributed by atoms with E-state index in [4.69, 9.17) is 4.74 Å². The van der Waals surface area contributed by atoms with Crippen LogP contribution in [0.4, 0.5) is 0 Å². The molecule has 2 rings (SSSR count). The molecule has 0 radical (unpaired) electrons. The normalized spacial score (nSPS) is 47.7. The average Bonchev–Trinajstić information content (AvgIpc) is 2.15. The van der Waals surface area contributed by atoms with Crippen molar-refractivity contribution in [3.8, 4) is 0 Å². The van der Waals surface area contributed by atoms with Gasteiger partial charge in [-0.3, -0.25) is 0 Å². The predicted molar refractivity (Wildman–Crippen MR) is 45.5 cm³/mol. The van der Waals surface area contributed by atoms with Gasteiger partial charge in [-0.1, -0.05) is 6.92 Å². The van der Waals surface area contributed by atoms with Crippen LogP contribution in [0.25, 0.3) is 0 Å². The van der Waals surface area contributed by atoms with Gasteiger partial charge in [0.1, 0.15) is 0 Å². The summed E-state index contributed by atoms with van der Waals surface area (Å²) in [6, 6.07) is 0. The third-order valence-electron chi connectivity index (χ3n) is 3.51. The maximum atomic E-state index is 5.94. The maximum Gasteiger partial charge on any atom is 0.0661 e. The summed E-state index contributed by atoms with van der Waals surface area (Å²) in [6.07, 6.45) is 4.57. The van der Waals surface area contributed by atoms with Gasteiger partial charge < -0.3 is 4.74 Å². The van der Waals surface area contributed by atoms with Crippen LogP contribution < -0.4 is 0 Å². The zero-order chi connectivity index (χ0) is 8.06. The van der Waals surface area contributed by atoms with Crippen molar-refractivity contribution in [1.82, 2.24) is 0 Å². The van der Waals surface area contributed by atoms with E-state index in [-0.39, 0.29) is 5.60 Å². The Hall–Kier alpha value is -0.0400. The van der Waals surface area contributed by atoms with Gasteiger partial charge in [0, 0.05) is 0 Å². The first-order chi connectivity index (χ1) is 5.09. The highest BCUT2D eigenvalue weighted by molar-refractivity contribution is 4.95. The molecule has 0 aromatic heterocycles. The Kier molecular flexibility index (Phi) is 1.54. The summed E-state index contributed by atoms with van der Waals surface area (Å²) in [7, 11) is 0. The zero-order valence-corrected chi connectivity index (χ0v) is 7.76. The molecule has 11 heavy (non-hydrogen) atoms. The highest BCUT2D eigenvalue weighted by atomic mass is 16.5. The summed E-state index contributed by atoms with van der Waals surface area (Å²) >= 11 is 0. The SMILES string of the molecule is CC1CCC2CC1C(C)(C)O2. The molecule has 1 heteroatoms. The van der Waals surface area contributed by atoms with Gasteiger partial charge in [-0.25, -0.2) is 0 Å². The van der Waals surface area contributed by atoms with E-state index in [0.717, 1.165) is 11.8 Å². The third-order valence-corrected chi connectivity index (χ3v) is 3.51. The molecular weight excluding hydrogens is 136 g/mol. The predicted octanol–water partition coefficient (Wildman–Crippen LogP) is 2.60. The molecule has 0 spiro atoms. The number of fused-ring (bicyclic) bond motifs is 2. The summed E-state index contributed by atoms with van der Waals surface area (Å²) in [5.41, 5.74) is 0.167. The van der Waals surface area contributed by atoms with E-state index in [0.29, 0.717) is 6.10 Å². The van der Waals surface area contributed by atoms with E-state index < -0.39 is 0 Å². The van der Waals surface area contributed by atoms with E-state index in [1.807, 2.05) is 0 Å². The molecule has 64 valence electrons. The van der Waals surface area contributed by atoms with Gasteiger partial charge in [0.05, 0.1) is 11.7 Å². The van der Waals surface area contributed by atoms with Crippen molar-refractivity contribution in [2.45, 2.75) is 51.7 Å². The van der Waals surface area contributed by atoms with Gasteiger partial charge in [-0.05, 0) is 44.9 Å². The van der Waals surface area contributed by atoms with Crippen molar-refractivity contribution in [2.75, 3.05) is 0 Å². The van der Waals surface area contributed by atoms with E-state index in [2.05, 4.69) is 20.8 Å². The summed E-state index contributed by atoms with van der Waals surface area (Å²) in [4.78, 5) is 0. The molecule has 3 unspecified atom stereocenters. The first kappa shape index (κ1) is 7.60. The molecule has 0 aromatic rings. The molecule has 0 N–H and O–H groups in total. The van der Waals surface area contributed by atoms with Gasteiger partial charge in [0.25, 0.3) is 0 Å². The third kappa shape index (κ3) is 1.10. The van der Waals surface area contributed by atoms with Crippen molar-refractivity contribution in [3.63, 3.8) is 0 Å². The largest absolute Gasteiger partial charge is 0.372 e. The van der Waals surface area contributed by atoms with Crippen LogP contribution in [0, 0.1) is 11.8 Å². The van der Waals surface area contributed by atoms with Crippen molar-refractivity contribution in [1.29, 1.82) is 0 Å². The summed E-state index contributed by atoms with van der Waals surface area (Å²) in [5, 5.41) is 0. The minimum atomic E-state index is 0.167. The number of hydrogen-bond donors (Lipinski definition) is 0. The topological polar surface area (TPSA) is 9.23 Å². The van der Waals surface area contributed by atoms with E-state index >= 15 is 0 Å². The zero-order valence-electron chi connectivity index (χ0n) is 7.76. The lowest BCUT2D eigenvalue weighted by Crippen LogP contribution is -2.31. The van der Waals surface area contributed by atoms with Crippen molar-refractivity contribution in [3.05, 3.63) is 0 Å². The van der Waals surface area contributed by atoms with Gasteiger partial charge in [-0.15, -0.1) is 0 Å². The second kappa shape index (κ2) is 2.22. The van der Waals surface area contributed by atoms with Crippen LogP contribution in [0.1, 0.15) is 40.0 Å². The van der Waals surface area contributed by atoms with Crippen LogP contribution in [-0.4, -0.2) is 11.7 Å². The van der Waals surface area contributed by atoms with Crippen LogP contribution in [0.5, 0.6) is 0 Å². The lowest BCUT2D eigenvalue weighted by Gasteiger charge is -2.30. The van der Waals surface area contributed by atoms with Crippen LogP contribution in [-0.2, 0) is 4.74 Å². The highest BCUT2D eigenvalue weighted by Gasteiger charge is 2.46. The van der Waals surface area contributed by atoms with E-state index in [1.54, 1.807) is 0 Å². The van der Waals surface area contributed by atoms with Crippen molar-refractivity contribution in [2.24, 2.45) is 11.8 Å². The Balaban J connectivity index is 2.19.